The molecule has 1 atom stereocenters. The highest BCUT2D eigenvalue weighted by molar-refractivity contribution is 5.13. The quantitative estimate of drug-likeness (QED) is 0.742. The number of aromatic amines is 1. The standard InChI is InChI=1S/C10H17N3/c1-2-4-8-7-10(13-12-8)9-5-3-6-11-9/h7,9,11H,2-6H2,1H3,(H,12,13). The number of nitrogens with zero attached hydrogens (tertiary/aromatic N) is 1. The zero-order valence-corrected chi connectivity index (χ0v) is 8.14. The molecule has 0 spiro atoms. The predicted molar refractivity (Wildman–Crippen MR) is 52.6 cm³/mol. The maximum atomic E-state index is 4.33. The van der Waals surface area contributed by atoms with E-state index in [-0.39, 0.29) is 0 Å². The van der Waals surface area contributed by atoms with Crippen LogP contribution in [-0.4, -0.2) is 16.7 Å². The molecule has 2 N–H and O–H groups in total. The van der Waals surface area contributed by atoms with Gasteiger partial charge in [0.2, 0.25) is 0 Å². The van der Waals surface area contributed by atoms with E-state index in [1.165, 1.54) is 30.7 Å². The fourth-order valence-electron chi connectivity index (χ4n) is 1.89. The summed E-state index contributed by atoms with van der Waals surface area (Å²) in [6, 6.07) is 2.70. The molecule has 1 aliphatic heterocycles. The van der Waals surface area contributed by atoms with Gasteiger partial charge in [-0.3, -0.25) is 5.10 Å². The van der Waals surface area contributed by atoms with Crippen LogP contribution < -0.4 is 5.32 Å². The molecule has 72 valence electrons. The van der Waals surface area contributed by atoms with E-state index in [0.29, 0.717) is 6.04 Å². The maximum absolute atomic E-state index is 4.33. The third kappa shape index (κ3) is 1.91. The van der Waals surface area contributed by atoms with E-state index >= 15 is 0 Å². The number of aromatic nitrogens is 2. The van der Waals surface area contributed by atoms with Crippen molar-refractivity contribution < 1.29 is 0 Å². The Labute approximate surface area is 78.9 Å². The molecule has 1 aromatic rings. The van der Waals surface area contributed by atoms with Crippen LogP contribution in [0.4, 0.5) is 0 Å². The number of hydrogen-bond acceptors (Lipinski definition) is 2. The van der Waals surface area contributed by atoms with Crippen molar-refractivity contribution in [3.63, 3.8) is 0 Å². The number of H-pyrrole nitrogens is 1. The Morgan fingerprint density at radius 1 is 1.62 bits per heavy atom. The SMILES string of the molecule is CCCc1cc(C2CCCN2)n[nH]1. The number of aryl methyl sites for hydroxylation is 1. The van der Waals surface area contributed by atoms with Gasteiger partial charge >= 0.3 is 0 Å². The first kappa shape index (κ1) is 8.75. The van der Waals surface area contributed by atoms with Gasteiger partial charge in [0.1, 0.15) is 0 Å². The second-order valence-electron chi connectivity index (χ2n) is 3.72. The van der Waals surface area contributed by atoms with Gasteiger partial charge in [0.15, 0.2) is 0 Å². The summed E-state index contributed by atoms with van der Waals surface area (Å²) >= 11 is 0. The molecule has 0 saturated carbocycles. The second-order valence-corrected chi connectivity index (χ2v) is 3.72. The average Bonchev–Trinajstić information content (AvgIpc) is 2.70. The summed E-state index contributed by atoms with van der Waals surface area (Å²) in [6.45, 7) is 3.33. The van der Waals surface area contributed by atoms with Crippen LogP contribution in [0.5, 0.6) is 0 Å². The second kappa shape index (κ2) is 3.92. The fraction of sp³-hybridized carbons (Fsp3) is 0.700. The monoisotopic (exact) mass is 179 g/mol. The van der Waals surface area contributed by atoms with Crippen molar-refractivity contribution in [3.8, 4) is 0 Å². The number of hydrogen-bond donors (Lipinski definition) is 2. The molecule has 1 unspecified atom stereocenters. The minimum absolute atomic E-state index is 0.502. The van der Waals surface area contributed by atoms with E-state index in [2.05, 4.69) is 28.5 Å². The van der Waals surface area contributed by atoms with Gasteiger partial charge in [-0.25, -0.2) is 0 Å². The lowest BCUT2D eigenvalue weighted by Crippen LogP contribution is -2.12. The van der Waals surface area contributed by atoms with Crippen molar-refractivity contribution in [2.45, 2.75) is 38.6 Å². The van der Waals surface area contributed by atoms with Gasteiger partial charge < -0.3 is 5.32 Å². The van der Waals surface area contributed by atoms with Crippen molar-refractivity contribution in [2.24, 2.45) is 0 Å². The van der Waals surface area contributed by atoms with Gasteiger partial charge in [0.05, 0.1) is 11.7 Å². The molecule has 2 heterocycles. The van der Waals surface area contributed by atoms with Gasteiger partial charge in [-0.05, 0) is 31.9 Å². The van der Waals surface area contributed by atoms with Crippen LogP contribution in [-0.2, 0) is 6.42 Å². The highest BCUT2D eigenvalue weighted by Crippen LogP contribution is 2.21. The topological polar surface area (TPSA) is 40.7 Å². The Hall–Kier alpha value is -0.830. The Bertz CT molecular complexity index is 261. The smallest absolute Gasteiger partial charge is 0.0794 e. The van der Waals surface area contributed by atoms with Crippen molar-refractivity contribution in [1.29, 1.82) is 0 Å². The molecule has 0 aromatic carbocycles. The van der Waals surface area contributed by atoms with Gasteiger partial charge in [0, 0.05) is 5.69 Å². The zero-order chi connectivity index (χ0) is 9.10. The van der Waals surface area contributed by atoms with E-state index in [9.17, 15) is 0 Å². The number of rotatable bonds is 3. The van der Waals surface area contributed by atoms with Gasteiger partial charge in [-0.2, -0.15) is 5.10 Å². The molecule has 0 aliphatic carbocycles. The Morgan fingerprint density at radius 2 is 2.54 bits per heavy atom. The summed E-state index contributed by atoms with van der Waals surface area (Å²) in [5, 5.41) is 10.9. The van der Waals surface area contributed by atoms with E-state index in [1.807, 2.05) is 0 Å². The van der Waals surface area contributed by atoms with Crippen LogP contribution in [0, 0.1) is 0 Å². The minimum atomic E-state index is 0.502. The third-order valence-electron chi connectivity index (χ3n) is 2.59. The van der Waals surface area contributed by atoms with Crippen LogP contribution in [0.25, 0.3) is 0 Å². The van der Waals surface area contributed by atoms with E-state index in [0.717, 1.165) is 13.0 Å². The first-order valence-corrected chi connectivity index (χ1v) is 5.17. The Balaban J connectivity index is 2.03. The Morgan fingerprint density at radius 3 is 3.23 bits per heavy atom. The van der Waals surface area contributed by atoms with Crippen molar-refractivity contribution in [1.82, 2.24) is 15.5 Å². The molecular weight excluding hydrogens is 162 g/mol. The average molecular weight is 179 g/mol. The Kier molecular flexibility index (Phi) is 2.64. The molecule has 3 heteroatoms. The molecule has 13 heavy (non-hydrogen) atoms. The molecular formula is C10H17N3. The first-order valence-electron chi connectivity index (χ1n) is 5.17. The molecule has 0 radical (unpaired) electrons. The van der Waals surface area contributed by atoms with Gasteiger partial charge in [0.25, 0.3) is 0 Å². The summed E-state index contributed by atoms with van der Waals surface area (Å²) in [6.07, 6.45) is 4.80. The largest absolute Gasteiger partial charge is 0.309 e. The zero-order valence-electron chi connectivity index (χ0n) is 8.14. The lowest BCUT2D eigenvalue weighted by Gasteiger charge is -2.03. The third-order valence-corrected chi connectivity index (χ3v) is 2.59. The molecule has 0 amide bonds. The molecule has 1 fully saturated rings. The summed E-state index contributed by atoms with van der Waals surface area (Å²) in [5.41, 5.74) is 2.46. The minimum Gasteiger partial charge on any atom is -0.309 e. The van der Waals surface area contributed by atoms with Crippen molar-refractivity contribution >= 4 is 0 Å². The predicted octanol–water partition coefficient (Wildman–Crippen LogP) is 1.79. The highest BCUT2D eigenvalue weighted by atomic mass is 15.1. The summed E-state index contributed by atoms with van der Waals surface area (Å²) in [7, 11) is 0. The van der Waals surface area contributed by atoms with E-state index < -0.39 is 0 Å². The lowest BCUT2D eigenvalue weighted by molar-refractivity contribution is 0.625. The fourth-order valence-corrected chi connectivity index (χ4v) is 1.89. The summed E-state index contributed by atoms with van der Waals surface area (Å²) in [5.74, 6) is 0. The lowest BCUT2D eigenvalue weighted by atomic mass is 10.1. The van der Waals surface area contributed by atoms with Crippen LogP contribution >= 0.6 is 0 Å². The normalized spacial score (nSPS) is 22.4. The molecule has 2 rings (SSSR count). The summed E-state index contributed by atoms with van der Waals surface area (Å²) < 4.78 is 0. The van der Waals surface area contributed by atoms with Crippen molar-refractivity contribution in [3.05, 3.63) is 17.5 Å². The molecule has 0 bridgehead atoms. The van der Waals surface area contributed by atoms with Crippen LogP contribution in [0.2, 0.25) is 0 Å². The van der Waals surface area contributed by atoms with E-state index in [1.54, 1.807) is 0 Å². The van der Waals surface area contributed by atoms with Crippen LogP contribution in [0.1, 0.15) is 43.6 Å². The summed E-state index contributed by atoms with van der Waals surface area (Å²) in [4.78, 5) is 0. The number of nitrogens with one attached hydrogen (secondary N) is 2. The molecule has 1 saturated heterocycles. The maximum Gasteiger partial charge on any atom is 0.0794 e. The highest BCUT2D eigenvalue weighted by Gasteiger charge is 2.18. The molecule has 1 aromatic heterocycles. The molecule has 1 aliphatic rings. The van der Waals surface area contributed by atoms with Crippen LogP contribution in [0.3, 0.4) is 0 Å². The molecule has 3 nitrogen and oxygen atoms in total. The van der Waals surface area contributed by atoms with E-state index in [4.69, 9.17) is 0 Å². The van der Waals surface area contributed by atoms with Crippen LogP contribution in [0.15, 0.2) is 6.07 Å². The first-order chi connectivity index (χ1) is 6.40. The van der Waals surface area contributed by atoms with Crippen molar-refractivity contribution in [2.75, 3.05) is 6.54 Å². The van der Waals surface area contributed by atoms with Gasteiger partial charge in [-0.1, -0.05) is 13.3 Å². The van der Waals surface area contributed by atoms with Gasteiger partial charge in [-0.15, -0.1) is 0 Å².